The van der Waals surface area contributed by atoms with E-state index in [4.69, 9.17) is 28.8 Å². The molecule has 28 heavy (non-hydrogen) atoms. The Balaban J connectivity index is 3.26. The van der Waals surface area contributed by atoms with E-state index in [1.165, 1.54) is 6.92 Å². The number of aliphatic carboxylic acids is 1. The number of rotatable bonds is 8. The van der Waals surface area contributed by atoms with Crippen LogP contribution in [0.1, 0.15) is 27.7 Å². The second-order valence-corrected chi connectivity index (χ2v) is 5.92. The van der Waals surface area contributed by atoms with Gasteiger partial charge in [-0.05, 0) is 0 Å². The molecule has 1 heterocycles. The molecule has 1 fully saturated rings. The molecule has 12 nitrogen and oxygen atoms in total. The molecule has 12 heteroatoms. The minimum absolute atomic E-state index is 0.398. The third kappa shape index (κ3) is 7.48. The van der Waals surface area contributed by atoms with Gasteiger partial charge in [0.05, 0.1) is 0 Å². The van der Waals surface area contributed by atoms with E-state index in [2.05, 4.69) is 5.32 Å². The van der Waals surface area contributed by atoms with Crippen molar-refractivity contribution in [1.82, 2.24) is 5.32 Å². The van der Waals surface area contributed by atoms with Crippen molar-refractivity contribution < 1.29 is 52.8 Å². The van der Waals surface area contributed by atoms with Crippen LogP contribution in [0.2, 0.25) is 0 Å². The van der Waals surface area contributed by atoms with Crippen molar-refractivity contribution in [2.75, 3.05) is 13.2 Å². The summed E-state index contributed by atoms with van der Waals surface area (Å²) >= 11 is 0. The van der Waals surface area contributed by atoms with Crippen molar-refractivity contribution in [3.05, 3.63) is 0 Å². The van der Waals surface area contributed by atoms with Gasteiger partial charge in [-0.15, -0.1) is 0 Å². The number of carboxylic acids is 1. The zero-order valence-corrected chi connectivity index (χ0v) is 15.8. The topological polar surface area (TPSA) is 164 Å². The van der Waals surface area contributed by atoms with E-state index in [-0.39, 0.29) is 0 Å². The average molecular weight is 405 g/mol. The van der Waals surface area contributed by atoms with Crippen LogP contribution in [0.5, 0.6) is 0 Å². The van der Waals surface area contributed by atoms with Gasteiger partial charge in [-0.25, -0.2) is 4.79 Å². The highest BCUT2D eigenvalue weighted by Crippen LogP contribution is 2.27. The predicted molar refractivity (Wildman–Crippen MR) is 87.6 cm³/mol. The van der Waals surface area contributed by atoms with E-state index in [1.807, 2.05) is 0 Å². The van der Waals surface area contributed by atoms with Gasteiger partial charge in [0.25, 0.3) is 0 Å². The molecule has 0 aromatic carbocycles. The molecule has 0 unspecified atom stereocenters. The zero-order chi connectivity index (χ0) is 21.4. The molecule has 0 spiro atoms. The van der Waals surface area contributed by atoms with Gasteiger partial charge in [0.1, 0.15) is 25.4 Å². The van der Waals surface area contributed by atoms with Gasteiger partial charge in [-0.1, -0.05) is 0 Å². The maximum atomic E-state index is 11.6. The van der Waals surface area contributed by atoms with E-state index in [0.717, 1.165) is 20.8 Å². The van der Waals surface area contributed by atoms with Crippen LogP contribution in [0.4, 0.5) is 0 Å². The number of hydrogen-bond acceptors (Lipinski definition) is 10. The molecule has 0 saturated carbocycles. The maximum Gasteiger partial charge on any atom is 0.329 e. The van der Waals surface area contributed by atoms with Crippen molar-refractivity contribution in [2.24, 2.45) is 0 Å². The number of carbonyl (C=O) groups excluding carboxylic acids is 4. The molecule has 158 valence electrons. The molecule has 1 aliphatic rings. The number of nitrogens with one attached hydrogen (secondary N) is 1. The first-order chi connectivity index (χ1) is 13.0. The molecular weight excluding hydrogens is 382 g/mol. The summed E-state index contributed by atoms with van der Waals surface area (Å²) in [6.07, 6.45) is -5.10. The lowest BCUT2D eigenvalue weighted by Gasteiger charge is -2.44. The van der Waals surface area contributed by atoms with E-state index < -0.39 is 73.6 Å². The molecule has 0 bridgehead atoms. The van der Waals surface area contributed by atoms with Crippen LogP contribution in [-0.4, -0.2) is 78.7 Å². The Labute approximate surface area is 160 Å². The predicted octanol–water partition coefficient (Wildman–Crippen LogP) is -1.26. The minimum Gasteiger partial charge on any atom is -0.480 e. The third-order valence-electron chi connectivity index (χ3n) is 3.44. The Morgan fingerprint density at radius 2 is 1.50 bits per heavy atom. The molecule has 1 aliphatic heterocycles. The molecule has 0 radical (unpaired) electrons. The molecule has 0 aliphatic carbocycles. The lowest BCUT2D eigenvalue weighted by Crippen LogP contribution is -2.66. The quantitative estimate of drug-likeness (QED) is 0.366. The number of esters is 3. The Hall–Kier alpha value is -2.73. The third-order valence-corrected chi connectivity index (χ3v) is 3.44. The first-order valence-corrected chi connectivity index (χ1v) is 8.25. The standard InChI is InChI=1S/C16H23NO11/c1-7(18)17-13-15(27-10(4)21)14(26-9(3)20)11(5-24-8(2)19)28-16(13)25-6-12(22)23/h11,13-16H,5-6H2,1-4H3,(H,17,18)(H,22,23)/t11-,13-,14+,15-,16-/m1/s1. The van der Waals surface area contributed by atoms with Crippen LogP contribution in [-0.2, 0) is 47.7 Å². The Kier molecular flexibility index (Phi) is 8.79. The van der Waals surface area contributed by atoms with Crippen LogP contribution in [0, 0.1) is 0 Å². The van der Waals surface area contributed by atoms with Crippen LogP contribution in [0.15, 0.2) is 0 Å². The highest BCUT2D eigenvalue weighted by atomic mass is 16.7. The Morgan fingerprint density at radius 1 is 0.929 bits per heavy atom. The van der Waals surface area contributed by atoms with Crippen LogP contribution in [0.25, 0.3) is 0 Å². The average Bonchev–Trinajstić information content (AvgIpc) is 2.54. The van der Waals surface area contributed by atoms with Gasteiger partial charge < -0.3 is 34.1 Å². The summed E-state index contributed by atoms with van der Waals surface area (Å²) < 4.78 is 26.0. The van der Waals surface area contributed by atoms with Crippen LogP contribution >= 0.6 is 0 Å². The number of carboxylic acid groups (broad SMARTS) is 1. The normalized spacial score (nSPS) is 26.6. The molecule has 0 aromatic rings. The zero-order valence-electron chi connectivity index (χ0n) is 15.8. The van der Waals surface area contributed by atoms with Crippen molar-refractivity contribution in [1.29, 1.82) is 0 Å². The molecule has 5 atom stereocenters. The molecule has 1 amide bonds. The fraction of sp³-hybridized carbons (Fsp3) is 0.688. The van der Waals surface area contributed by atoms with Crippen molar-refractivity contribution in [3.63, 3.8) is 0 Å². The summed E-state index contributed by atoms with van der Waals surface area (Å²) in [6.45, 7) is 3.33. The summed E-state index contributed by atoms with van der Waals surface area (Å²) in [4.78, 5) is 56.7. The number of carbonyl (C=O) groups is 5. The summed E-state index contributed by atoms with van der Waals surface area (Å²) in [5.74, 6) is -4.03. The smallest absolute Gasteiger partial charge is 0.329 e. The van der Waals surface area contributed by atoms with E-state index in [0.29, 0.717) is 0 Å². The van der Waals surface area contributed by atoms with Gasteiger partial charge in [0, 0.05) is 27.7 Å². The van der Waals surface area contributed by atoms with Gasteiger partial charge >= 0.3 is 23.9 Å². The lowest BCUT2D eigenvalue weighted by atomic mass is 9.96. The summed E-state index contributed by atoms with van der Waals surface area (Å²) in [6, 6.07) is -1.20. The first-order valence-electron chi connectivity index (χ1n) is 8.25. The minimum atomic E-state index is -1.39. The molecule has 2 N–H and O–H groups in total. The Morgan fingerprint density at radius 3 is 1.96 bits per heavy atom. The lowest BCUT2D eigenvalue weighted by molar-refractivity contribution is -0.277. The van der Waals surface area contributed by atoms with E-state index in [9.17, 15) is 24.0 Å². The SMILES string of the molecule is CC(=O)N[C@H]1[C@H](OCC(=O)O)O[C@H](COC(C)=O)[C@H](OC(C)=O)[C@@H]1OC(C)=O. The van der Waals surface area contributed by atoms with E-state index in [1.54, 1.807) is 0 Å². The van der Waals surface area contributed by atoms with Crippen molar-refractivity contribution >= 4 is 29.8 Å². The fourth-order valence-corrected chi connectivity index (χ4v) is 2.59. The monoisotopic (exact) mass is 405 g/mol. The summed E-state index contributed by atoms with van der Waals surface area (Å²) in [5, 5.41) is 11.3. The summed E-state index contributed by atoms with van der Waals surface area (Å²) in [7, 11) is 0. The fourth-order valence-electron chi connectivity index (χ4n) is 2.59. The van der Waals surface area contributed by atoms with Gasteiger partial charge in [-0.2, -0.15) is 0 Å². The summed E-state index contributed by atoms with van der Waals surface area (Å²) in [5.41, 5.74) is 0. The highest BCUT2D eigenvalue weighted by Gasteiger charge is 2.51. The maximum absolute atomic E-state index is 11.6. The molecule has 1 rings (SSSR count). The number of hydrogen-bond donors (Lipinski definition) is 2. The number of ether oxygens (including phenoxy) is 5. The van der Waals surface area contributed by atoms with E-state index >= 15 is 0 Å². The highest BCUT2D eigenvalue weighted by molar-refractivity contribution is 5.74. The second kappa shape index (κ2) is 10.6. The molecule has 0 aromatic heterocycles. The molecular formula is C16H23NO11. The van der Waals surface area contributed by atoms with Crippen LogP contribution in [0.3, 0.4) is 0 Å². The second-order valence-electron chi connectivity index (χ2n) is 5.92. The largest absolute Gasteiger partial charge is 0.480 e. The molecule has 1 saturated heterocycles. The van der Waals surface area contributed by atoms with Gasteiger partial charge in [-0.3, -0.25) is 19.2 Å². The first kappa shape index (κ1) is 23.3. The van der Waals surface area contributed by atoms with Crippen molar-refractivity contribution in [2.45, 2.75) is 58.3 Å². The van der Waals surface area contributed by atoms with Crippen molar-refractivity contribution in [3.8, 4) is 0 Å². The van der Waals surface area contributed by atoms with Gasteiger partial charge in [0.15, 0.2) is 18.5 Å². The van der Waals surface area contributed by atoms with Crippen LogP contribution < -0.4 is 5.32 Å². The Bertz CT molecular complexity index is 576. The number of amides is 1. The van der Waals surface area contributed by atoms with Gasteiger partial charge in [0.2, 0.25) is 5.91 Å².